The number of halogens is 2. The van der Waals surface area contributed by atoms with Gasteiger partial charge in [-0.25, -0.2) is 8.78 Å². The molecular formula is C30H32F2N2O. The largest absolute Gasteiger partial charge is 0.307 e. The average Bonchev–Trinajstić information content (AvgIpc) is 3.14. The van der Waals surface area contributed by atoms with E-state index >= 15 is 0 Å². The summed E-state index contributed by atoms with van der Waals surface area (Å²) in [6, 6.07) is 19.3. The standard InChI is InChI=1S/C30H32F2N2O/c1-29(2,3)23-8-6-22(7-9-23)28(35)34-20-30(26-18-25(32)12-13-27(26)34)14-16-33(17-15-30)19-21-4-10-24(31)11-5-21/h4-13,18H,14-17,19-20H2,1-3H3. The van der Waals surface area contributed by atoms with Crippen molar-refractivity contribution in [2.75, 3.05) is 24.5 Å². The fourth-order valence-electron chi connectivity index (χ4n) is 5.51. The Balaban J connectivity index is 1.37. The number of likely N-dealkylation sites (tertiary alicyclic amines) is 1. The first-order valence-electron chi connectivity index (χ1n) is 12.3. The summed E-state index contributed by atoms with van der Waals surface area (Å²) in [6.07, 6.45) is 1.69. The van der Waals surface area contributed by atoms with Gasteiger partial charge < -0.3 is 4.90 Å². The monoisotopic (exact) mass is 474 g/mol. The maximum Gasteiger partial charge on any atom is 0.258 e. The highest BCUT2D eigenvalue weighted by atomic mass is 19.1. The molecule has 1 spiro atoms. The summed E-state index contributed by atoms with van der Waals surface area (Å²) in [6.45, 7) is 9.47. The number of fused-ring (bicyclic) bond motifs is 2. The SMILES string of the molecule is CC(C)(C)c1ccc(C(=O)N2CC3(CCN(Cc4ccc(F)cc4)CC3)c3cc(F)ccc32)cc1. The van der Waals surface area contributed by atoms with Gasteiger partial charge in [-0.05, 0) is 90.5 Å². The molecule has 5 rings (SSSR count). The molecule has 0 bridgehead atoms. The van der Waals surface area contributed by atoms with Crippen molar-refractivity contribution in [3.63, 3.8) is 0 Å². The zero-order chi connectivity index (χ0) is 24.8. The fourth-order valence-corrected chi connectivity index (χ4v) is 5.51. The van der Waals surface area contributed by atoms with E-state index in [0.29, 0.717) is 12.1 Å². The Morgan fingerprint density at radius 1 is 0.886 bits per heavy atom. The molecule has 1 amide bonds. The normalized spacial score (nSPS) is 17.6. The van der Waals surface area contributed by atoms with Gasteiger partial charge in [0.1, 0.15) is 11.6 Å². The molecular weight excluding hydrogens is 442 g/mol. The summed E-state index contributed by atoms with van der Waals surface area (Å²) in [5, 5.41) is 0. The van der Waals surface area contributed by atoms with Crippen molar-refractivity contribution in [3.8, 4) is 0 Å². The van der Waals surface area contributed by atoms with Crippen LogP contribution in [0.2, 0.25) is 0 Å². The Morgan fingerprint density at radius 3 is 2.14 bits per heavy atom. The molecule has 5 heteroatoms. The van der Waals surface area contributed by atoms with Gasteiger partial charge in [-0.1, -0.05) is 45.0 Å². The van der Waals surface area contributed by atoms with Crippen LogP contribution in [0.4, 0.5) is 14.5 Å². The van der Waals surface area contributed by atoms with Crippen LogP contribution in [0.25, 0.3) is 0 Å². The van der Waals surface area contributed by atoms with Crippen LogP contribution in [-0.2, 0) is 17.4 Å². The fraction of sp³-hybridized carbons (Fsp3) is 0.367. The predicted molar refractivity (Wildman–Crippen MR) is 136 cm³/mol. The van der Waals surface area contributed by atoms with E-state index in [-0.39, 0.29) is 28.4 Å². The molecule has 0 N–H and O–H groups in total. The molecule has 0 aliphatic carbocycles. The number of piperidine rings is 1. The van der Waals surface area contributed by atoms with Crippen molar-refractivity contribution < 1.29 is 13.6 Å². The Bertz CT molecular complexity index is 1220. The molecule has 2 aliphatic rings. The van der Waals surface area contributed by atoms with Crippen molar-refractivity contribution in [2.45, 2.75) is 51.0 Å². The number of hydrogen-bond donors (Lipinski definition) is 0. The Kier molecular flexibility index (Phi) is 6.00. The summed E-state index contributed by atoms with van der Waals surface area (Å²) in [5.74, 6) is -0.529. The lowest BCUT2D eigenvalue weighted by Gasteiger charge is -2.40. The summed E-state index contributed by atoms with van der Waals surface area (Å²) >= 11 is 0. The summed E-state index contributed by atoms with van der Waals surface area (Å²) in [5.41, 5.74) is 4.45. The van der Waals surface area contributed by atoms with Gasteiger partial charge in [0, 0.05) is 29.8 Å². The number of rotatable bonds is 3. The molecule has 182 valence electrons. The highest BCUT2D eigenvalue weighted by molar-refractivity contribution is 6.07. The first-order valence-corrected chi connectivity index (χ1v) is 12.3. The second-order valence-corrected chi connectivity index (χ2v) is 11.1. The van der Waals surface area contributed by atoms with Gasteiger partial charge in [-0.15, -0.1) is 0 Å². The van der Waals surface area contributed by atoms with Gasteiger partial charge >= 0.3 is 0 Å². The lowest BCUT2D eigenvalue weighted by atomic mass is 9.74. The van der Waals surface area contributed by atoms with Crippen molar-refractivity contribution in [3.05, 3.63) is 101 Å². The molecule has 3 aromatic carbocycles. The van der Waals surface area contributed by atoms with E-state index in [9.17, 15) is 13.6 Å². The van der Waals surface area contributed by atoms with Gasteiger partial charge in [-0.3, -0.25) is 9.69 Å². The predicted octanol–water partition coefficient (Wildman–Crippen LogP) is 6.46. The summed E-state index contributed by atoms with van der Waals surface area (Å²) in [7, 11) is 0. The topological polar surface area (TPSA) is 23.6 Å². The minimum Gasteiger partial charge on any atom is -0.307 e. The Morgan fingerprint density at radius 2 is 1.51 bits per heavy atom. The third kappa shape index (κ3) is 4.62. The first-order chi connectivity index (χ1) is 16.6. The smallest absolute Gasteiger partial charge is 0.258 e. The molecule has 3 aromatic rings. The number of carbonyl (C=O) groups excluding carboxylic acids is 1. The minimum absolute atomic E-state index is 0.0191. The number of nitrogens with zero attached hydrogens (tertiary/aromatic N) is 2. The van der Waals surface area contributed by atoms with E-state index < -0.39 is 0 Å². The van der Waals surface area contributed by atoms with E-state index in [1.807, 2.05) is 41.3 Å². The van der Waals surface area contributed by atoms with Crippen molar-refractivity contribution >= 4 is 11.6 Å². The molecule has 0 unspecified atom stereocenters. The molecule has 1 fully saturated rings. The lowest BCUT2D eigenvalue weighted by Crippen LogP contribution is -2.45. The first kappa shape index (κ1) is 23.7. The van der Waals surface area contributed by atoms with E-state index in [2.05, 4.69) is 25.7 Å². The number of hydrogen-bond acceptors (Lipinski definition) is 2. The third-order valence-electron chi connectivity index (χ3n) is 7.66. The summed E-state index contributed by atoms with van der Waals surface area (Å²) < 4.78 is 27.6. The quantitative estimate of drug-likeness (QED) is 0.435. The molecule has 2 heterocycles. The molecule has 35 heavy (non-hydrogen) atoms. The lowest BCUT2D eigenvalue weighted by molar-refractivity contribution is 0.0975. The van der Waals surface area contributed by atoms with Crippen molar-refractivity contribution in [1.82, 2.24) is 4.90 Å². The molecule has 0 atom stereocenters. The molecule has 1 saturated heterocycles. The molecule has 3 nitrogen and oxygen atoms in total. The zero-order valence-electron chi connectivity index (χ0n) is 20.7. The van der Waals surface area contributed by atoms with Crippen LogP contribution < -0.4 is 4.90 Å². The van der Waals surface area contributed by atoms with Gasteiger partial charge in [0.15, 0.2) is 0 Å². The zero-order valence-corrected chi connectivity index (χ0v) is 20.7. The molecule has 0 aromatic heterocycles. The van der Waals surface area contributed by atoms with Crippen LogP contribution in [0.3, 0.4) is 0 Å². The number of carbonyl (C=O) groups is 1. The van der Waals surface area contributed by atoms with E-state index in [0.717, 1.165) is 49.3 Å². The minimum atomic E-state index is -0.263. The number of benzene rings is 3. The highest BCUT2D eigenvalue weighted by Gasteiger charge is 2.46. The van der Waals surface area contributed by atoms with Crippen molar-refractivity contribution in [1.29, 1.82) is 0 Å². The van der Waals surface area contributed by atoms with Gasteiger partial charge in [0.05, 0.1) is 0 Å². The van der Waals surface area contributed by atoms with Crippen LogP contribution in [0.15, 0.2) is 66.7 Å². The van der Waals surface area contributed by atoms with Crippen LogP contribution in [0.1, 0.15) is 60.7 Å². The van der Waals surface area contributed by atoms with Crippen LogP contribution in [-0.4, -0.2) is 30.4 Å². The third-order valence-corrected chi connectivity index (χ3v) is 7.66. The maximum absolute atomic E-state index is 14.4. The number of amides is 1. The molecule has 0 radical (unpaired) electrons. The van der Waals surface area contributed by atoms with Gasteiger partial charge in [0.25, 0.3) is 5.91 Å². The molecule has 0 saturated carbocycles. The van der Waals surface area contributed by atoms with E-state index in [4.69, 9.17) is 0 Å². The van der Waals surface area contributed by atoms with Crippen LogP contribution in [0, 0.1) is 11.6 Å². The number of anilines is 1. The Labute approximate surface area is 206 Å². The molecule has 2 aliphatic heterocycles. The van der Waals surface area contributed by atoms with Gasteiger partial charge in [-0.2, -0.15) is 0 Å². The second kappa shape index (κ2) is 8.87. The van der Waals surface area contributed by atoms with E-state index in [1.165, 1.54) is 23.8 Å². The second-order valence-electron chi connectivity index (χ2n) is 11.1. The highest BCUT2D eigenvalue weighted by Crippen LogP contribution is 2.48. The van der Waals surface area contributed by atoms with Gasteiger partial charge in [0.2, 0.25) is 0 Å². The average molecular weight is 475 g/mol. The Hall–Kier alpha value is -3.05. The van der Waals surface area contributed by atoms with Crippen molar-refractivity contribution in [2.24, 2.45) is 0 Å². The van der Waals surface area contributed by atoms with Crippen LogP contribution in [0.5, 0.6) is 0 Å². The maximum atomic E-state index is 14.4. The van der Waals surface area contributed by atoms with Crippen LogP contribution >= 0.6 is 0 Å². The van der Waals surface area contributed by atoms with E-state index in [1.54, 1.807) is 12.1 Å². The summed E-state index contributed by atoms with van der Waals surface area (Å²) in [4.78, 5) is 17.8.